The number of fused-ring (bicyclic) bond motifs is 1. The molecule has 21 heavy (non-hydrogen) atoms. The van der Waals surface area contributed by atoms with Gasteiger partial charge in [0.15, 0.2) is 5.82 Å². The van der Waals surface area contributed by atoms with E-state index in [0.29, 0.717) is 5.78 Å². The van der Waals surface area contributed by atoms with E-state index in [1.54, 1.807) is 4.52 Å². The number of hydrogen-bond acceptors (Lipinski definition) is 4. The van der Waals surface area contributed by atoms with Gasteiger partial charge in [0.25, 0.3) is 5.78 Å². The van der Waals surface area contributed by atoms with Gasteiger partial charge < -0.3 is 5.32 Å². The Balaban J connectivity index is 1.78. The van der Waals surface area contributed by atoms with Crippen LogP contribution in [0.25, 0.3) is 5.78 Å². The summed E-state index contributed by atoms with van der Waals surface area (Å²) in [4.78, 5) is 8.84. The Morgan fingerprint density at radius 1 is 1.14 bits per heavy atom. The first-order valence-electron chi connectivity index (χ1n) is 7.27. The van der Waals surface area contributed by atoms with Gasteiger partial charge in [-0.2, -0.15) is 9.50 Å². The molecule has 2 aromatic heterocycles. The average Bonchev–Trinajstić information content (AvgIpc) is 2.91. The van der Waals surface area contributed by atoms with Crippen LogP contribution in [-0.2, 0) is 12.8 Å². The predicted octanol–water partition coefficient (Wildman–Crippen LogP) is 2.65. The number of anilines is 1. The summed E-state index contributed by atoms with van der Waals surface area (Å²) in [7, 11) is 0. The van der Waals surface area contributed by atoms with E-state index in [1.165, 1.54) is 5.56 Å². The lowest BCUT2D eigenvalue weighted by Gasteiger charge is -2.08. The molecule has 0 atom stereocenters. The summed E-state index contributed by atoms with van der Waals surface area (Å²) in [6.45, 7) is 4.87. The van der Waals surface area contributed by atoms with Gasteiger partial charge in [-0.25, -0.2) is 4.98 Å². The summed E-state index contributed by atoms with van der Waals surface area (Å²) in [6, 6.07) is 12.4. The normalized spacial score (nSPS) is 11.0. The lowest BCUT2D eigenvalue weighted by molar-refractivity contribution is 0.867. The monoisotopic (exact) mass is 281 g/mol. The zero-order chi connectivity index (χ0) is 14.7. The Kier molecular flexibility index (Phi) is 3.81. The van der Waals surface area contributed by atoms with Crippen LogP contribution in [0.1, 0.15) is 24.0 Å². The number of aromatic nitrogens is 4. The van der Waals surface area contributed by atoms with E-state index in [0.717, 1.165) is 36.7 Å². The van der Waals surface area contributed by atoms with Crippen molar-refractivity contribution in [3.8, 4) is 0 Å². The molecular formula is C16H19N5. The van der Waals surface area contributed by atoms with Crippen molar-refractivity contribution in [2.45, 2.75) is 26.7 Å². The van der Waals surface area contributed by atoms with Gasteiger partial charge in [-0.3, -0.25) is 0 Å². The molecule has 0 saturated carbocycles. The van der Waals surface area contributed by atoms with E-state index in [4.69, 9.17) is 0 Å². The van der Waals surface area contributed by atoms with Crippen molar-refractivity contribution in [2.75, 3.05) is 11.9 Å². The maximum Gasteiger partial charge on any atom is 0.254 e. The third kappa shape index (κ3) is 3.02. The van der Waals surface area contributed by atoms with Crippen LogP contribution in [0, 0.1) is 6.92 Å². The summed E-state index contributed by atoms with van der Waals surface area (Å²) in [5.41, 5.74) is 2.26. The molecule has 0 spiro atoms. The minimum absolute atomic E-state index is 0.661. The number of rotatable bonds is 5. The van der Waals surface area contributed by atoms with E-state index in [2.05, 4.69) is 44.6 Å². The lowest BCUT2D eigenvalue weighted by Crippen LogP contribution is -2.10. The van der Waals surface area contributed by atoms with E-state index in [9.17, 15) is 0 Å². The first kappa shape index (κ1) is 13.5. The molecule has 1 aromatic carbocycles. The SMILES string of the molecule is CCc1nc2nc(C)cc(NCCc3ccccc3)n2n1. The van der Waals surface area contributed by atoms with Crippen LogP contribution in [0.4, 0.5) is 5.82 Å². The van der Waals surface area contributed by atoms with Crippen molar-refractivity contribution in [2.24, 2.45) is 0 Å². The van der Waals surface area contributed by atoms with Crippen LogP contribution in [0.2, 0.25) is 0 Å². The molecule has 1 N–H and O–H groups in total. The highest BCUT2D eigenvalue weighted by atomic mass is 15.4. The highest BCUT2D eigenvalue weighted by Crippen LogP contribution is 2.12. The smallest absolute Gasteiger partial charge is 0.254 e. The second-order valence-electron chi connectivity index (χ2n) is 5.04. The second-order valence-corrected chi connectivity index (χ2v) is 5.04. The molecule has 0 amide bonds. The topological polar surface area (TPSA) is 55.1 Å². The molecule has 0 radical (unpaired) electrons. The van der Waals surface area contributed by atoms with Gasteiger partial charge in [0.1, 0.15) is 5.82 Å². The van der Waals surface area contributed by atoms with E-state index in [1.807, 2.05) is 26.0 Å². The van der Waals surface area contributed by atoms with Gasteiger partial charge in [0.05, 0.1) is 0 Å². The number of hydrogen-bond donors (Lipinski definition) is 1. The lowest BCUT2D eigenvalue weighted by atomic mass is 10.1. The standard InChI is InChI=1S/C16H19N5/c1-3-14-19-16-18-12(2)11-15(21(16)20-14)17-10-9-13-7-5-4-6-8-13/h4-8,11,17H,3,9-10H2,1-2H3. The zero-order valence-corrected chi connectivity index (χ0v) is 12.4. The van der Waals surface area contributed by atoms with Gasteiger partial charge in [-0.05, 0) is 18.9 Å². The maximum absolute atomic E-state index is 4.48. The molecule has 2 heterocycles. The van der Waals surface area contributed by atoms with Crippen molar-refractivity contribution in [1.82, 2.24) is 19.6 Å². The third-order valence-corrected chi connectivity index (χ3v) is 3.36. The molecule has 0 aliphatic heterocycles. The summed E-state index contributed by atoms with van der Waals surface area (Å²) in [6.07, 6.45) is 1.78. The molecule has 0 aliphatic carbocycles. The molecular weight excluding hydrogens is 262 g/mol. The molecule has 0 unspecified atom stereocenters. The van der Waals surface area contributed by atoms with Crippen molar-refractivity contribution >= 4 is 11.6 Å². The van der Waals surface area contributed by atoms with Crippen LogP contribution in [0.3, 0.4) is 0 Å². The van der Waals surface area contributed by atoms with E-state index < -0.39 is 0 Å². The minimum atomic E-state index is 0.661. The summed E-state index contributed by atoms with van der Waals surface area (Å²) in [5.74, 6) is 2.42. The Bertz CT molecular complexity index is 733. The fraction of sp³-hybridized carbons (Fsp3) is 0.312. The average molecular weight is 281 g/mol. The molecule has 0 bridgehead atoms. The molecule has 0 saturated heterocycles. The molecule has 3 rings (SSSR count). The first-order valence-corrected chi connectivity index (χ1v) is 7.27. The molecule has 0 fully saturated rings. The quantitative estimate of drug-likeness (QED) is 0.781. The Morgan fingerprint density at radius 3 is 2.71 bits per heavy atom. The number of benzene rings is 1. The van der Waals surface area contributed by atoms with Gasteiger partial charge in [-0.15, -0.1) is 5.10 Å². The second kappa shape index (κ2) is 5.91. The summed E-state index contributed by atoms with van der Waals surface area (Å²) >= 11 is 0. The van der Waals surface area contributed by atoms with Crippen LogP contribution < -0.4 is 5.32 Å². The fourth-order valence-corrected chi connectivity index (χ4v) is 2.28. The first-order chi connectivity index (χ1) is 10.3. The summed E-state index contributed by atoms with van der Waals surface area (Å²) < 4.78 is 1.79. The highest BCUT2D eigenvalue weighted by Gasteiger charge is 2.08. The predicted molar refractivity (Wildman–Crippen MR) is 83.5 cm³/mol. The molecule has 5 heteroatoms. The van der Waals surface area contributed by atoms with Gasteiger partial charge in [0, 0.05) is 24.7 Å². The highest BCUT2D eigenvalue weighted by molar-refractivity contribution is 5.45. The largest absolute Gasteiger partial charge is 0.370 e. The fourth-order valence-electron chi connectivity index (χ4n) is 2.28. The Hall–Kier alpha value is -2.43. The number of nitrogens with one attached hydrogen (secondary N) is 1. The van der Waals surface area contributed by atoms with E-state index >= 15 is 0 Å². The van der Waals surface area contributed by atoms with E-state index in [-0.39, 0.29) is 0 Å². The van der Waals surface area contributed by atoms with Crippen molar-refractivity contribution < 1.29 is 0 Å². The van der Waals surface area contributed by atoms with Crippen molar-refractivity contribution in [3.63, 3.8) is 0 Å². The van der Waals surface area contributed by atoms with Crippen LogP contribution >= 0.6 is 0 Å². The van der Waals surface area contributed by atoms with Gasteiger partial charge in [0.2, 0.25) is 0 Å². The van der Waals surface area contributed by atoms with Crippen molar-refractivity contribution in [3.05, 3.63) is 53.5 Å². The zero-order valence-electron chi connectivity index (χ0n) is 12.4. The molecule has 5 nitrogen and oxygen atoms in total. The van der Waals surface area contributed by atoms with Gasteiger partial charge >= 0.3 is 0 Å². The Labute approximate surface area is 124 Å². The molecule has 3 aromatic rings. The van der Waals surface area contributed by atoms with Crippen LogP contribution in [-0.4, -0.2) is 26.1 Å². The maximum atomic E-state index is 4.48. The van der Waals surface area contributed by atoms with Gasteiger partial charge in [-0.1, -0.05) is 37.3 Å². The minimum Gasteiger partial charge on any atom is -0.370 e. The molecule has 0 aliphatic rings. The van der Waals surface area contributed by atoms with Crippen LogP contribution in [0.5, 0.6) is 0 Å². The summed E-state index contributed by atoms with van der Waals surface area (Å²) in [5, 5.41) is 7.91. The Morgan fingerprint density at radius 2 is 1.95 bits per heavy atom. The third-order valence-electron chi connectivity index (χ3n) is 3.36. The van der Waals surface area contributed by atoms with Crippen molar-refractivity contribution in [1.29, 1.82) is 0 Å². The number of aryl methyl sites for hydroxylation is 2. The van der Waals surface area contributed by atoms with Crippen LogP contribution in [0.15, 0.2) is 36.4 Å². The molecule has 108 valence electrons. The number of nitrogens with zero attached hydrogens (tertiary/aromatic N) is 4.